The van der Waals surface area contributed by atoms with Gasteiger partial charge in [0, 0.05) is 19.4 Å². The lowest BCUT2D eigenvalue weighted by atomic mass is 10.1. The molecule has 3 nitrogen and oxygen atoms in total. The number of hydrogen-bond donors (Lipinski definition) is 2. The first-order valence-corrected chi connectivity index (χ1v) is 10.2. The second kappa shape index (κ2) is 6.65. The maximum atomic E-state index is 13.4. The molecule has 0 saturated heterocycles. The number of halogens is 3. The minimum Gasteiger partial charge on any atom is -0.324 e. The van der Waals surface area contributed by atoms with Crippen molar-refractivity contribution >= 4 is 44.9 Å². The quantitative estimate of drug-likeness (QED) is 0.542. The first-order chi connectivity index (χ1) is 11.3. The summed E-state index contributed by atoms with van der Waals surface area (Å²) in [6, 6.07) is 10.7. The van der Waals surface area contributed by atoms with Gasteiger partial charge in [-0.3, -0.25) is 4.57 Å². The van der Waals surface area contributed by atoms with Gasteiger partial charge >= 0.3 is 7.60 Å². The number of thiophene rings is 1. The molecule has 0 aliphatic carbocycles. The molecule has 2 aromatic carbocycles. The molecule has 0 fully saturated rings. The van der Waals surface area contributed by atoms with Gasteiger partial charge in [0.15, 0.2) is 11.6 Å². The Morgan fingerprint density at radius 1 is 1.12 bits per heavy atom. The van der Waals surface area contributed by atoms with E-state index in [2.05, 4.69) is 15.9 Å². The molecule has 3 rings (SSSR count). The fraction of sp³-hybridized carbons (Fsp3) is 0.125. The smallest absolute Gasteiger partial charge is 0.324 e. The van der Waals surface area contributed by atoms with Crippen molar-refractivity contribution in [1.82, 2.24) is 0 Å². The molecule has 1 heterocycles. The van der Waals surface area contributed by atoms with Crippen molar-refractivity contribution < 1.29 is 23.1 Å². The number of rotatable bonds is 4. The third kappa shape index (κ3) is 3.46. The van der Waals surface area contributed by atoms with Crippen molar-refractivity contribution in [3.05, 3.63) is 69.0 Å². The SMILES string of the molecule is O=P(O)(O)C(Cc1ccc(F)c(F)c1)c1sc2ccccc2c1Br. The van der Waals surface area contributed by atoms with E-state index in [1.165, 1.54) is 17.4 Å². The fourth-order valence-corrected chi connectivity index (χ4v) is 6.21. The summed E-state index contributed by atoms with van der Waals surface area (Å²) in [6.45, 7) is 0. The van der Waals surface area contributed by atoms with Crippen LogP contribution in [0.3, 0.4) is 0 Å². The molecule has 1 atom stereocenters. The summed E-state index contributed by atoms with van der Waals surface area (Å²) in [5.41, 5.74) is -0.805. The predicted molar refractivity (Wildman–Crippen MR) is 94.4 cm³/mol. The van der Waals surface area contributed by atoms with Gasteiger partial charge in [0.05, 0.1) is 0 Å². The largest absolute Gasteiger partial charge is 0.334 e. The van der Waals surface area contributed by atoms with E-state index in [0.717, 1.165) is 22.2 Å². The van der Waals surface area contributed by atoms with Crippen LogP contribution in [0.1, 0.15) is 16.1 Å². The molecule has 24 heavy (non-hydrogen) atoms. The summed E-state index contributed by atoms with van der Waals surface area (Å²) in [7, 11) is -4.51. The Morgan fingerprint density at radius 3 is 2.46 bits per heavy atom. The molecule has 0 spiro atoms. The van der Waals surface area contributed by atoms with E-state index in [1.807, 2.05) is 24.3 Å². The van der Waals surface area contributed by atoms with E-state index in [4.69, 9.17) is 0 Å². The van der Waals surface area contributed by atoms with Crippen LogP contribution in [0.25, 0.3) is 10.1 Å². The normalized spacial score (nSPS) is 13.4. The molecule has 2 N–H and O–H groups in total. The van der Waals surface area contributed by atoms with Gasteiger partial charge < -0.3 is 9.79 Å². The zero-order valence-electron chi connectivity index (χ0n) is 12.1. The zero-order chi connectivity index (χ0) is 17.5. The van der Waals surface area contributed by atoms with Crippen molar-refractivity contribution in [2.75, 3.05) is 0 Å². The Kier molecular flexibility index (Phi) is 4.91. The van der Waals surface area contributed by atoms with Crippen molar-refractivity contribution in [3.63, 3.8) is 0 Å². The molecular formula is C16H12BrF2O3PS. The van der Waals surface area contributed by atoms with Crippen molar-refractivity contribution in [2.24, 2.45) is 0 Å². The highest BCUT2D eigenvalue weighted by molar-refractivity contribution is 9.10. The van der Waals surface area contributed by atoms with Crippen LogP contribution < -0.4 is 0 Å². The van der Waals surface area contributed by atoms with Crippen LogP contribution in [0, 0.1) is 11.6 Å². The van der Waals surface area contributed by atoms with Crippen LogP contribution in [0.5, 0.6) is 0 Å². The highest BCUT2D eigenvalue weighted by Gasteiger charge is 2.34. The Hall–Kier alpha value is -1.11. The second-order valence-corrected chi connectivity index (χ2v) is 9.01. The summed E-state index contributed by atoms with van der Waals surface area (Å²) in [5.74, 6) is -2.03. The van der Waals surface area contributed by atoms with Gasteiger partial charge in [-0.05, 0) is 46.1 Å². The Balaban J connectivity index is 2.07. The maximum absolute atomic E-state index is 13.4. The lowest BCUT2D eigenvalue weighted by molar-refractivity contribution is 0.358. The lowest BCUT2D eigenvalue weighted by Gasteiger charge is -2.18. The molecule has 1 aromatic heterocycles. The van der Waals surface area contributed by atoms with Crippen molar-refractivity contribution in [1.29, 1.82) is 0 Å². The topological polar surface area (TPSA) is 57.5 Å². The average molecular weight is 433 g/mol. The van der Waals surface area contributed by atoms with Gasteiger partial charge in [-0.15, -0.1) is 11.3 Å². The third-order valence-corrected chi connectivity index (χ3v) is 7.51. The standard InChI is InChI=1S/C16H12BrF2O3PS/c17-15-10-3-1-2-4-14(10)24-16(15)13(23(20,21)22)8-9-5-6-11(18)12(19)7-9/h1-7,13H,8H2,(H2,20,21,22). The van der Waals surface area contributed by atoms with Crippen LogP contribution in [0.4, 0.5) is 8.78 Å². The molecule has 0 saturated carbocycles. The van der Waals surface area contributed by atoms with Crippen molar-refractivity contribution in [3.8, 4) is 0 Å². The van der Waals surface area contributed by atoms with E-state index >= 15 is 0 Å². The van der Waals surface area contributed by atoms with Gasteiger partial charge in [0.25, 0.3) is 0 Å². The Morgan fingerprint density at radius 2 is 1.83 bits per heavy atom. The van der Waals surface area contributed by atoms with Crippen LogP contribution in [0.2, 0.25) is 0 Å². The van der Waals surface area contributed by atoms with Gasteiger partial charge in [-0.1, -0.05) is 24.3 Å². The number of benzene rings is 2. The molecule has 8 heteroatoms. The maximum Gasteiger partial charge on any atom is 0.334 e. The molecule has 0 bridgehead atoms. The lowest BCUT2D eigenvalue weighted by Crippen LogP contribution is -2.04. The van der Waals surface area contributed by atoms with Crippen LogP contribution in [-0.2, 0) is 11.0 Å². The molecule has 3 aromatic rings. The molecule has 0 radical (unpaired) electrons. The summed E-state index contributed by atoms with van der Waals surface area (Å²) in [6.07, 6.45) is -0.0904. The summed E-state index contributed by atoms with van der Waals surface area (Å²) < 4.78 is 40.0. The van der Waals surface area contributed by atoms with Gasteiger partial charge in [-0.25, -0.2) is 8.78 Å². The first kappa shape index (κ1) is 17.7. The van der Waals surface area contributed by atoms with Crippen LogP contribution >= 0.6 is 34.9 Å². The summed E-state index contributed by atoms with van der Waals surface area (Å²) >= 11 is 4.70. The second-order valence-electron chi connectivity index (χ2n) is 5.33. The van der Waals surface area contributed by atoms with Gasteiger partial charge in [0.2, 0.25) is 0 Å². The van der Waals surface area contributed by atoms with Crippen LogP contribution in [0.15, 0.2) is 46.9 Å². The highest BCUT2D eigenvalue weighted by atomic mass is 79.9. The zero-order valence-corrected chi connectivity index (χ0v) is 15.4. The molecular weight excluding hydrogens is 421 g/mol. The summed E-state index contributed by atoms with van der Waals surface area (Å²) in [4.78, 5) is 20.1. The van der Waals surface area contributed by atoms with E-state index in [-0.39, 0.29) is 6.42 Å². The summed E-state index contributed by atoms with van der Waals surface area (Å²) in [5, 5.41) is 0.862. The highest BCUT2D eigenvalue weighted by Crippen LogP contribution is 2.57. The minimum atomic E-state index is -4.51. The van der Waals surface area contributed by atoms with Gasteiger partial charge in [-0.2, -0.15) is 0 Å². The minimum absolute atomic E-state index is 0.0904. The van der Waals surface area contributed by atoms with Crippen molar-refractivity contribution in [2.45, 2.75) is 12.1 Å². The van der Waals surface area contributed by atoms with E-state index in [0.29, 0.717) is 14.9 Å². The first-order valence-electron chi connectivity index (χ1n) is 6.93. The molecule has 1 unspecified atom stereocenters. The van der Waals surface area contributed by atoms with E-state index in [1.54, 1.807) is 0 Å². The Labute approximate surface area is 149 Å². The molecule has 126 valence electrons. The average Bonchev–Trinajstić information content (AvgIpc) is 2.84. The molecule has 0 amide bonds. The predicted octanol–water partition coefficient (Wildman–Crippen LogP) is 5.40. The van der Waals surface area contributed by atoms with Crippen LogP contribution in [-0.4, -0.2) is 9.79 Å². The monoisotopic (exact) mass is 432 g/mol. The molecule has 0 aliphatic rings. The molecule has 0 aliphatic heterocycles. The van der Waals surface area contributed by atoms with Gasteiger partial charge in [0.1, 0.15) is 5.66 Å². The van der Waals surface area contributed by atoms with E-state index in [9.17, 15) is 23.1 Å². The Bertz CT molecular complexity index is 954. The number of hydrogen-bond acceptors (Lipinski definition) is 2. The fourth-order valence-electron chi connectivity index (χ4n) is 2.50. The third-order valence-electron chi connectivity index (χ3n) is 3.68. The number of fused-ring (bicyclic) bond motifs is 1. The van der Waals surface area contributed by atoms with E-state index < -0.39 is 24.9 Å².